The van der Waals surface area contributed by atoms with Gasteiger partial charge in [-0.2, -0.15) is 0 Å². The number of hydrogen-bond donors (Lipinski definition) is 1. The van der Waals surface area contributed by atoms with Gasteiger partial charge in [-0.25, -0.2) is 4.98 Å². The van der Waals surface area contributed by atoms with Crippen LogP contribution >= 0.6 is 11.6 Å². The predicted octanol–water partition coefficient (Wildman–Crippen LogP) is 0.826. The molecule has 1 heterocycles. The van der Waals surface area contributed by atoms with E-state index < -0.39 is 0 Å². The van der Waals surface area contributed by atoms with Crippen LogP contribution in [0.5, 0.6) is 0 Å². The number of halogens is 1. The number of ether oxygens (including phenoxy) is 2. The van der Waals surface area contributed by atoms with Crippen molar-refractivity contribution in [1.82, 2.24) is 14.9 Å². The van der Waals surface area contributed by atoms with Crippen molar-refractivity contribution in [3.8, 4) is 0 Å². The van der Waals surface area contributed by atoms with E-state index in [4.69, 9.17) is 21.1 Å². The fourth-order valence-electron chi connectivity index (χ4n) is 1.18. The first-order valence-electron chi connectivity index (χ1n) is 5.19. The molecule has 0 aliphatic carbocycles. The second-order valence-electron chi connectivity index (χ2n) is 3.34. The van der Waals surface area contributed by atoms with Gasteiger partial charge in [0.1, 0.15) is 11.0 Å². The second kappa shape index (κ2) is 7.62. The molecule has 0 saturated carbocycles. The Balaban J connectivity index is 2.05. The molecule has 0 aromatic carbocycles. The molecule has 6 heteroatoms. The first-order chi connectivity index (χ1) is 7.75. The lowest BCUT2D eigenvalue weighted by Gasteiger charge is -2.06. The number of imidazole rings is 1. The van der Waals surface area contributed by atoms with Gasteiger partial charge in [0.15, 0.2) is 0 Å². The van der Waals surface area contributed by atoms with Crippen molar-refractivity contribution in [2.75, 3.05) is 33.5 Å². The van der Waals surface area contributed by atoms with Crippen molar-refractivity contribution in [3.05, 3.63) is 17.2 Å². The van der Waals surface area contributed by atoms with Gasteiger partial charge in [0.25, 0.3) is 0 Å². The molecular weight excluding hydrogens is 230 g/mol. The quantitative estimate of drug-likeness (QED) is 0.692. The van der Waals surface area contributed by atoms with Gasteiger partial charge in [0, 0.05) is 20.7 Å². The van der Waals surface area contributed by atoms with E-state index in [-0.39, 0.29) is 0 Å². The molecule has 0 aliphatic heterocycles. The number of rotatable bonds is 8. The van der Waals surface area contributed by atoms with Gasteiger partial charge in [-0.15, -0.1) is 0 Å². The molecule has 92 valence electrons. The van der Waals surface area contributed by atoms with Crippen molar-refractivity contribution in [1.29, 1.82) is 0 Å². The third-order valence-electron chi connectivity index (χ3n) is 2.17. The minimum atomic E-state index is 0.631. The lowest BCUT2D eigenvalue weighted by atomic mass is 10.5. The van der Waals surface area contributed by atoms with Crippen LogP contribution in [-0.4, -0.2) is 43.0 Å². The molecule has 0 radical (unpaired) electrons. The van der Waals surface area contributed by atoms with Gasteiger partial charge in [0.05, 0.1) is 32.6 Å². The summed E-state index contributed by atoms with van der Waals surface area (Å²) >= 11 is 5.86. The Morgan fingerprint density at radius 2 is 2.25 bits per heavy atom. The van der Waals surface area contributed by atoms with Crippen LogP contribution in [0.1, 0.15) is 5.82 Å². The van der Waals surface area contributed by atoms with E-state index in [9.17, 15) is 0 Å². The number of hydrogen-bond acceptors (Lipinski definition) is 4. The molecular formula is C10H18ClN3O2. The molecule has 0 aliphatic rings. The number of aromatic nitrogens is 2. The maximum atomic E-state index is 5.86. The minimum absolute atomic E-state index is 0.631. The zero-order valence-corrected chi connectivity index (χ0v) is 10.5. The zero-order valence-electron chi connectivity index (χ0n) is 9.70. The van der Waals surface area contributed by atoms with Crippen LogP contribution in [0.2, 0.25) is 5.15 Å². The summed E-state index contributed by atoms with van der Waals surface area (Å²) in [6, 6.07) is 0. The third kappa shape index (κ3) is 4.49. The Labute approximate surface area is 101 Å². The van der Waals surface area contributed by atoms with E-state index in [0.29, 0.717) is 31.5 Å². The summed E-state index contributed by atoms with van der Waals surface area (Å²) < 4.78 is 12.0. The number of methoxy groups -OCH3 is 1. The average Bonchev–Trinajstić information content (AvgIpc) is 2.59. The SMILES string of the molecule is COCCOCCNCc1ncc(Cl)n1C. The Morgan fingerprint density at radius 1 is 1.44 bits per heavy atom. The molecule has 0 saturated heterocycles. The van der Waals surface area contributed by atoms with Gasteiger partial charge in [0.2, 0.25) is 0 Å². The second-order valence-corrected chi connectivity index (χ2v) is 3.73. The summed E-state index contributed by atoms with van der Waals surface area (Å²) in [6.45, 7) is 3.41. The first-order valence-corrected chi connectivity index (χ1v) is 5.57. The van der Waals surface area contributed by atoms with Crippen LogP contribution in [0.15, 0.2) is 6.20 Å². The molecule has 0 bridgehead atoms. The third-order valence-corrected chi connectivity index (χ3v) is 2.52. The van der Waals surface area contributed by atoms with Crippen molar-refractivity contribution < 1.29 is 9.47 Å². The Bertz CT molecular complexity index is 304. The highest BCUT2D eigenvalue weighted by Crippen LogP contribution is 2.08. The maximum Gasteiger partial charge on any atom is 0.128 e. The molecule has 1 aromatic heterocycles. The van der Waals surface area contributed by atoms with Crippen LogP contribution in [0.3, 0.4) is 0 Å². The highest BCUT2D eigenvalue weighted by atomic mass is 35.5. The van der Waals surface area contributed by atoms with E-state index in [2.05, 4.69) is 10.3 Å². The molecule has 0 unspecified atom stereocenters. The van der Waals surface area contributed by atoms with Gasteiger partial charge in [-0.05, 0) is 0 Å². The van der Waals surface area contributed by atoms with Crippen LogP contribution in [-0.2, 0) is 23.1 Å². The topological polar surface area (TPSA) is 48.3 Å². The van der Waals surface area contributed by atoms with E-state index >= 15 is 0 Å². The Hall–Kier alpha value is -0.620. The zero-order chi connectivity index (χ0) is 11.8. The van der Waals surface area contributed by atoms with Gasteiger partial charge >= 0.3 is 0 Å². The van der Waals surface area contributed by atoms with E-state index in [0.717, 1.165) is 12.4 Å². The number of nitrogens with zero attached hydrogens (tertiary/aromatic N) is 2. The molecule has 0 fully saturated rings. The Kier molecular flexibility index (Phi) is 6.40. The highest BCUT2D eigenvalue weighted by Gasteiger charge is 2.02. The smallest absolute Gasteiger partial charge is 0.128 e. The van der Waals surface area contributed by atoms with E-state index in [1.165, 1.54) is 0 Å². The average molecular weight is 248 g/mol. The van der Waals surface area contributed by atoms with Crippen LogP contribution in [0.4, 0.5) is 0 Å². The van der Waals surface area contributed by atoms with Gasteiger partial charge in [-0.3, -0.25) is 0 Å². The summed E-state index contributed by atoms with van der Waals surface area (Å²) in [5, 5.41) is 3.87. The lowest BCUT2D eigenvalue weighted by Crippen LogP contribution is -2.21. The van der Waals surface area contributed by atoms with Crippen molar-refractivity contribution in [3.63, 3.8) is 0 Å². The molecule has 0 amide bonds. The summed E-state index contributed by atoms with van der Waals surface area (Å²) in [5.74, 6) is 0.918. The molecule has 1 rings (SSSR count). The summed E-state index contributed by atoms with van der Waals surface area (Å²) in [7, 11) is 3.55. The maximum absolute atomic E-state index is 5.86. The lowest BCUT2D eigenvalue weighted by molar-refractivity contribution is 0.0718. The number of nitrogens with one attached hydrogen (secondary N) is 1. The van der Waals surface area contributed by atoms with Gasteiger partial charge in [-0.1, -0.05) is 11.6 Å². The molecule has 0 spiro atoms. The molecule has 1 N–H and O–H groups in total. The minimum Gasteiger partial charge on any atom is -0.382 e. The van der Waals surface area contributed by atoms with Crippen LogP contribution < -0.4 is 5.32 Å². The standard InChI is InChI=1S/C10H18ClN3O2/c1-14-9(11)7-13-10(14)8-12-3-4-16-6-5-15-2/h7,12H,3-6,8H2,1-2H3. The highest BCUT2D eigenvalue weighted by molar-refractivity contribution is 6.29. The van der Waals surface area contributed by atoms with Crippen LogP contribution in [0.25, 0.3) is 0 Å². The Morgan fingerprint density at radius 3 is 2.88 bits per heavy atom. The summed E-state index contributed by atoms with van der Waals surface area (Å²) in [4.78, 5) is 4.17. The monoisotopic (exact) mass is 247 g/mol. The van der Waals surface area contributed by atoms with E-state index in [1.807, 2.05) is 11.6 Å². The predicted molar refractivity (Wildman–Crippen MR) is 62.6 cm³/mol. The van der Waals surface area contributed by atoms with Crippen molar-refractivity contribution >= 4 is 11.6 Å². The van der Waals surface area contributed by atoms with Crippen molar-refractivity contribution in [2.45, 2.75) is 6.54 Å². The fourth-order valence-corrected chi connectivity index (χ4v) is 1.32. The van der Waals surface area contributed by atoms with E-state index in [1.54, 1.807) is 13.3 Å². The fraction of sp³-hybridized carbons (Fsp3) is 0.700. The molecule has 1 aromatic rings. The largest absolute Gasteiger partial charge is 0.382 e. The van der Waals surface area contributed by atoms with Gasteiger partial charge < -0.3 is 19.4 Å². The van der Waals surface area contributed by atoms with Crippen LogP contribution in [0, 0.1) is 0 Å². The summed E-state index contributed by atoms with van der Waals surface area (Å²) in [6.07, 6.45) is 1.65. The molecule has 16 heavy (non-hydrogen) atoms. The molecule has 0 atom stereocenters. The van der Waals surface area contributed by atoms with Crippen molar-refractivity contribution in [2.24, 2.45) is 7.05 Å². The first kappa shape index (κ1) is 13.4. The normalized spacial score (nSPS) is 10.9. The summed E-state index contributed by atoms with van der Waals surface area (Å²) in [5.41, 5.74) is 0. The molecule has 5 nitrogen and oxygen atoms in total.